The van der Waals surface area contributed by atoms with Gasteiger partial charge in [-0.3, -0.25) is 9.11 Å². The van der Waals surface area contributed by atoms with Crippen LogP contribution in [0.2, 0.25) is 0 Å². The second kappa shape index (κ2) is 12.5. The molecular weight excluding hydrogens is 501 g/mol. The molecule has 2 aromatic carbocycles. The standard InChI is InChI=1S/C27H36FNO5S2/c1-4-6-13-27(14-7-5-2)17-21(19-11-9-8-10-12-19)20-15-24(35-3)23(34-18-22(28)26(30)31)16-25(20)36(32,33)29-27/h8-12,15-16,18,21,29,32-33H,4-7,13-14,17H2,1-3H3,(H,30,31)/b22-18-. The quantitative estimate of drug-likeness (QED) is 0.131. The molecule has 9 heteroatoms. The van der Waals surface area contributed by atoms with Gasteiger partial charge in [0.15, 0.2) is 0 Å². The molecule has 0 amide bonds. The van der Waals surface area contributed by atoms with Gasteiger partial charge in [-0.05, 0) is 42.7 Å². The number of aliphatic carboxylic acids is 1. The van der Waals surface area contributed by atoms with Crippen molar-refractivity contribution < 1.29 is 28.1 Å². The lowest BCUT2D eigenvalue weighted by molar-refractivity contribution is -0.134. The van der Waals surface area contributed by atoms with Crippen molar-refractivity contribution in [2.45, 2.75) is 80.0 Å². The molecule has 0 aromatic heterocycles. The van der Waals surface area contributed by atoms with E-state index in [1.165, 1.54) is 17.8 Å². The zero-order chi connectivity index (χ0) is 26.3. The van der Waals surface area contributed by atoms with E-state index in [1.807, 2.05) is 30.5 Å². The first-order valence-electron chi connectivity index (χ1n) is 12.3. The first-order valence-corrected chi connectivity index (χ1v) is 15.0. The summed E-state index contributed by atoms with van der Waals surface area (Å²) in [5.41, 5.74) is 1.37. The Labute approximate surface area is 218 Å². The van der Waals surface area contributed by atoms with Crippen molar-refractivity contribution in [1.82, 2.24) is 4.72 Å². The monoisotopic (exact) mass is 537 g/mol. The van der Waals surface area contributed by atoms with Crippen molar-refractivity contribution in [2.75, 3.05) is 6.26 Å². The summed E-state index contributed by atoms with van der Waals surface area (Å²) in [5, 5.41) is 8.84. The van der Waals surface area contributed by atoms with Crippen LogP contribution in [0.25, 0.3) is 0 Å². The molecule has 1 atom stereocenters. The van der Waals surface area contributed by atoms with Crippen LogP contribution in [0.1, 0.15) is 75.8 Å². The Kier molecular flexibility index (Phi) is 9.88. The van der Waals surface area contributed by atoms with Crippen LogP contribution in [0, 0.1) is 0 Å². The highest BCUT2D eigenvalue weighted by Crippen LogP contribution is 2.58. The third-order valence-corrected chi connectivity index (χ3v) is 9.09. The van der Waals surface area contributed by atoms with Crippen molar-refractivity contribution in [3.05, 3.63) is 65.7 Å². The van der Waals surface area contributed by atoms with Gasteiger partial charge in [-0.1, -0.05) is 69.9 Å². The summed E-state index contributed by atoms with van der Waals surface area (Å²) >= 11 is 1.36. The van der Waals surface area contributed by atoms with E-state index in [9.17, 15) is 18.3 Å². The fourth-order valence-electron chi connectivity index (χ4n) is 4.84. The summed E-state index contributed by atoms with van der Waals surface area (Å²) in [5.74, 6) is -3.12. The van der Waals surface area contributed by atoms with Gasteiger partial charge in [0.1, 0.15) is 12.0 Å². The molecule has 4 N–H and O–H groups in total. The van der Waals surface area contributed by atoms with Gasteiger partial charge in [-0.25, -0.2) is 9.52 Å². The molecule has 0 aliphatic carbocycles. The van der Waals surface area contributed by atoms with E-state index in [0.717, 1.165) is 49.7 Å². The van der Waals surface area contributed by atoms with Gasteiger partial charge in [0.2, 0.25) is 5.83 Å². The minimum Gasteiger partial charge on any atom is -0.476 e. The smallest absolute Gasteiger partial charge is 0.368 e. The predicted octanol–water partition coefficient (Wildman–Crippen LogP) is 7.95. The largest absolute Gasteiger partial charge is 0.476 e. The van der Waals surface area contributed by atoms with Gasteiger partial charge < -0.3 is 9.84 Å². The number of carboxylic acids is 1. The number of thioether (sulfide) groups is 1. The number of nitrogens with one attached hydrogen (secondary N) is 1. The third kappa shape index (κ3) is 6.63. The number of ether oxygens (including phenoxy) is 1. The Hall–Kier alpha value is -2.04. The van der Waals surface area contributed by atoms with Gasteiger partial charge in [-0.2, -0.15) is 4.39 Å². The Morgan fingerprint density at radius 1 is 1.19 bits per heavy atom. The van der Waals surface area contributed by atoms with Crippen molar-refractivity contribution >= 4 is 28.5 Å². The number of halogens is 1. The molecule has 3 rings (SSSR count). The SMILES string of the molecule is CCCCC1(CCCC)CC(c2ccccc2)c2cc(SC)c(O/C=C(\F)C(=O)O)cc2S(O)(O)N1. The zero-order valence-corrected chi connectivity index (χ0v) is 22.6. The minimum absolute atomic E-state index is 0.109. The number of hydrogen-bond donors (Lipinski definition) is 4. The molecular formula is C27H36FNO5S2. The molecule has 1 heterocycles. The molecule has 0 saturated heterocycles. The van der Waals surface area contributed by atoms with Gasteiger partial charge >= 0.3 is 5.97 Å². The van der Waals surface area contributed by atoms with E-state index < -0.39 is 28.1 Å². The lowest BCUT2D eigenvalue weighted by atomic mass is 9.75. The number of rotatable bonds is 11. The molecule has 0 spiro atoms. The van der Waals surface area contributed by atoms with Crippen molar-refractivity contribution in [1.29, 1.82) is 0 Å². The van der Waals surface area contributed by atoms with E-state index in [0.29, 0.717) is 22.5 Å². The van der Waals surface area contributed by atoms with Crippen LogP contribution in [-0.4, -0.2) is 32.0 Å². The van der Waals surface area contributed by atoms with Crippen molar-refractivity contribution in [2.24, 2.45) is 0 Å². The highest BCUT2D eigenvalue weighted by Gasteiger charge is 2.43. The number of carbonyl (C=O) groups is 1. The van der Waals surface area contributed by atoms with Crippen molar-refractivity contribution in [3.8, 4) is 5.75 Å². The third-order valence-electron chi connectivity index (χ3n) is 6.65. The van der Waals surface area contributed by atoms with Gasteiger partial charge in [0.25, 0.3) is 0 Å². The molecule has 0 radical (unpaired) electrons. The Bertz CT molecular complexity index is 1070. The van der Waals surface area contributed by atoms with Crippen LogP contribution < -0.4 is 9.46 Å². The van der Waals surface area contributed by atoms with E-state index in [1.54, 1.807) is 0 Å². The molecule has 0 saturated carbocycles. The summed E-state index contributed by atoms with van der Waals surface area (Å²) in [4.78, 5) is 11.8. The van der Waals surface area contributed by atoms with Gasteiger partial charge in [0, 0.05) is 17.5 Å². The van der Waals surface area contributed by atoms with Crippen LogP contribution >= 0.6 is 22.5 Å². The van der Waals surface area contributed by atoms with Gasteiger partial charge in [0.05, 0.1) is 9.79 Å². The number of benzene rings is 2. The molecule has 1 aliphatic heterocycles. The highest BCUT2D eigenvalue weighted by atomic mass is 32.3. The summed E-state index contributed by atoms with van der Waals surface area (Å²) in [6.07, 6.45) is 8.57. The number of unbranched alkanes of at least 4 members (excludes halogenated alkanes) is 2. The summed E-state index contributed by atoms with van der Waals surface area (Å²) in [7, 11) is -3.46. The number of fused-ring (bicyclic) bond motifs is 1. The Balaban J connectivity index is 2.22. The number of carboxylic acid groups (broad SMARTS) is 1. The summed E-state index contributed by atoms with van der Waals surface area (Å²) in [6.45, 7) is 4.26. The normalized spacial score (nSPS) is 19.7. The lowest BCUT2D eigenvalue weighted by Gasteiger charge is -2.43. The Morgan fingerprint density at radius 3 is 2.39 bits per heavy atom. The van der Waals surface area contributed by atoms with Crippen LogP contribution in [0.5, 0.6) is 5.75 Å². The maximum Gasteiger partial charge on any atom is 0.368 e. The Morgan fingerprint density at radius 2 is 1.83 bits per heavy atom. The fraction of sp³-hybridized carbons (Fsp3) is 0.444. The highest BCUT2D eigenvalue weighted by molar-refractivity contribution is 8.22. The maximum atomic E-state index is 13.6. The first kappa shape index (κ1) is 28.5. The molecule has 1 unspecified atom stereocenters. The maximum absolute atomic E-state index is 13.6. The zero-order valence-electron chi connectivity index (χ0n) is 21.0. The van der Waals surface area contributed by atoms with Crippen molar-refractivity contribution in [3.63, 3.8) is 0 Å². The second-order valence-electron chi connectivity index (χ2n) is 9.24. The van der Waals surface area contributed by atoms with E-state index in [2.05, 4.69) is 30.7 Å². The van der Waals surface area contributed by atoms with E-state index in [-0.39, 0.29) is 11.7 Å². The molecule has 198 valence electrons. The van der Waals surface area contributed by atoms with Crippen LogP contribution in [0.4, 0.5) is 4.39 Å². The van der Waals surface area contributed by atoms with Gasteiger partial charge in [-0.15, -0.1) is 22.5 Å². The average Bonchev–Trinajstić information content (AvgIpc) is 2.96. The summed E-state index contributed by atoms with van der Waals surface area (Å²) < 4.78 is 45.4. The number of hydrogen-bond acceptors (Lipinski definition) is 6. The van der Waals surface area contributed by atoms with E-state index >= 15 is 0 Å². The molecule has 2 aromatic rings. The molecule has 0 fully saturated rings. The summed E-state index contributed by atoms with van der Waals surface area (Å²) in [6, 6.07) is 13.4. The minimum atomic E-state index is -3.46. The van der Waals surface area contributed by atoms with E-state index in [4.69, 9.17) is 9.84 Å². The second-order valence-corrected chi connectivity index (χ2v) is 11.8. The average molecular weight is 538 g/mol. The first-order chi connectivity index (χ1) is 17.2. The molecule has 36 heavy (non-hydrogen) atoms. The lowest BCUT2D eigenvalue weighted by Crippen LogP contribution is -2.46. The molecule has 6 nitrogen and oxygen atoms in total. The van der Waals surface area contributed by atoms with Crippen LogP contribution in [0.3, 0.4) is 0 Å². The topological polar surface area (TPSA) is 99.0 Å². The molecule has 0 bridgehead atoms. The predicted molar refractivity (Wildman–Crippen MR) is 145 cm³/mol. The van der Waals surface area contributed by atoms with Crippen LogP contribution in [-0.2, 0) is 4.79 Å². The molecule has 1 aliphatic rings. The van der Waals surface area contributed by atoms with Crippen LogP contribution in [0.15, 0.2) is 64.3 Å². The fourth-order valence-corrected chi connectivity index (χ4v) is 7.19.